The minimum atomic E-state index is -0.915. The van der Waals surface area contributed by atoms with Crippen LogP contribution < -0.4 is 10.6 Å². The summed E-state index contributed by atoms with van der Waals surface area (Å²) in [5.74, 6) is -0.915. The molecule has 0 radical (unpaired) electrons. The van der Waals surface area contributed by atoms with Crippen LogP contribution in [0.5, 0.6) is 0 Å². The van der Waals surface area contributed by atoms with Gasteiger partial charge in [0.15, 0.2) is 0 Å². The van der Waals surface area contributed by atoms with E-state index in [2.05, 4.69) is 23.6 Å². The summed E-state index contributed by atoms with van der Waals surface area (Å²) in [4.78, 5) is 15.6. The van der Waals surface area contributed by atoms with Gasteiger partial charge in [-0.25, -0.2) is 4.79 Å². The minimum Gasteiger partial charge on any atom is -0.478 e. The Morgan fingerprint density at radius 2 is 2.21 bits per heavy atom. The highest BCUT2D eigenvalue weighted by Gasteiger charge is 2.24. The number of carboxylic acid groups (broad SMARTS) is 1. The number of nitrogen functional groups attached to an aromatic ring is 1. The van der Waals surface area contributed by atoms with Gasteiger partial charge >= 0.3 is 5.97 Å². The summed E-state index contributed by atoms with van der Waals surface area (Å²) in [6.07, 6.45) is 0. The van der Waals surface area contributed by atoms with Crippen LogP contribution in [-0.4, -0.2) is 48.2 Å². The SMILES string of the molecule is CCN1CCN(c2cc(C(=O)O)ccc2N)CC1C. The fourth-order valence-corrected chi connectivity index (χ4v) is 2.63. The molecule has 5 nitrogen and oxygen atoms in total. The predicted octanol–water partition coefficient (Wildman–Crippen LogP) is 1.50. The highest BCUT2D eigenvalue weighted by atomic mass is 16.4. The Labute approximate surface area is 113 Å². The van der Waals surface area contributed by atoms with Crippen molar-refractivity contribution >= 4 is 17.3 Å². The maximum Gasteiger partial charge on any atom is 0.335 e. The van der Waals surface area contributed by atoms with E-state index in [1.165, 1.54) is 0 Å². The van der Waals surface area contributed by atoms with Gasteiger partial charge in [0.05, 0.1) is 16.9 Å². The summed E-state index contributed by atoms with van der Waals surface area (Å²) in [7, 11) is 0. The van der Waals surface area contributed by atoms with E-state index in [4.69, 9.17) is 10.8 Å². The molecule has 0 amide bonds. The Morgan fingerprint density at radius 3 is 2.79 bits per heavy atom. The Kier molecular flexibility index (Phi) is 3.95. The van der Waals surface area contributed by atoms with Gasteiger partial charge in [-0.15, -0.1) is 0 Å². The Bertz CT molecular complexity index is 476. The van der Waals surface area contributed by atoms with Gasteiger partial charge in [0, 0.05) is 25.7 Å². The number of nitrogens with zero attached hydrogens (tertiary/aromatic N) is 2. The summed E-state index contributed by atoms with van der Waals surface area (Å²) in [6.45, 7) is 8.12. The first kappa shape index (κ1) is 13.7. The highest BCUT2D eigenvalue weighted by Crippen LogP contribution is 2.27. The van der Waals surface area contributed by atoms with E-state index in [1.54, 1.807) is 18.2 Å². The van der Waals surface area contributed by atoms with Crippen molar-refractivity contribution in [3.63, 3.8) is 0 Å². The van der Waals surface area contributed by atoms with Crippen molar-refractivity contribution in [2.75, 3.05) is 36.8 Å². The standard InChI is InChI=1S/C14H21N3O2/c1-3-16-6-7-17(9-10(16)2)13-8-11(14(18)19)4-5-12(13)15/h4-5,8,10H,3,6-7,9,15H2,1-2H3,(H,18,19). The molecule has 5 heteroatoms. The van der Waals surface area contributed by atoms with Crippen molar-refractivity contribution in [1.29, 1.82) is 0 Å². The maximum absolute atomic E-state index is 11.0. The van der Waals surface area contributed by atoms with E-state index < -0.39 is 5.97 Å². The zero-order valence-electron chi connectivity index (χ0n) is 11.5. The van der Waals surface area contributed by atoms with Crippen molar-refractivity contribution < 1.29 is 9.90 Å². The van der Waals surface area contributed by atoms with Crippen LogP contribution in [0.2, 0.25) is 0 Å². The van der Waals surface area contributed by atoms with E-state index in [0.29, 0.717) is 11.7 Å². The molecule has 0 saturated carbocycles. The third-order valence-electron chi connectivity index (χ3n) is 3.79. The lowest BCUT2D eigenvalue weighted by Crippen LogP contribution is -2.51. The Morgan fingerprint density at radius 1 is 1.47 bits per heavy atom. The van der Waals surface area contributed by atoms with Gasteiger partial charge in [-0.3, -0.25) is 4.90 Å². The molecule has 1 aromatic carbocycles. The number of piperazine rings is 1. The topological polar surface area (TPSA) is 69.8 Å². The average molecular weight is 263 g/mol. The van der Waals surface area contributed by atoms with E-state index >= 15 is 0 Å². The molecule has 0 aliphatic carbocycles. The van der Waals surface area contributed by atoms with E-state index in [9.17, 15) is 4.79 Å². The van der Waals surface area contributed by atoms with Crippen molar-refractivity contribution in [3.8, 4) is 0 Å². The minimum absolute atomic E-state index is 0.287. The molecule has 104 valence electrons. The highest BCUT2D eigenvalue weighted by molar-refractivity contribution is 5.90. The van der Waals surface area contributed by atoms with Crippen molar-refractivity contribution in [2.24, 2.45) is 0 Å². The number of aromatic carboxylic acids is 1. The molecular weight excluding hydrogens is 242 g/mol. The lowest BCUT2D eigenvalue weighted by Gasteiger charge is -2.41. The van der Waals surface area contributed by atoms with Gasteiger partial charge in [0.25, 0.3) is 0 Å². The number of hydrogen-bond donors (Lipinski definition) is 2. The molecule has 1 aliphatic rings. The number of carbonyl (C=O) groups is 1. The van der Waals surface area contributed by atoms with Gasteiger partial charge in [0.2, 0.25) is 0 Å². The van der Waals surface area contributed by atoms with Gasteiger partial charge in [-0.1, -0.05) is 6.92 Å². The zero-order chi connectivity index (χ0) is 14.0. The quantitative estimate of drug-likeness (QED) is 0.809. The number of hydrogen-bond acceptors (Lipinski definition) is 4. The molecule has 0 aromatic heterocycles. The normalized spacial score (nSPS) is 20.5. The van der Waals surface area contributed by atoms with Crippen LogP contribution in [-0.2, 0) is 0 Å². The Balaban J connectivity index is 2.22. The molecule has 3 N–H and O–H groups in total. The summed E-state index contributed by atoms with van der Waals surface area (Å²) < 4.78 is 0. The van der Waals surface area contributed by atoms with Gasteiger partial charge in [0.1, 0.15) is 0 Å². The molecule has 1 unspecified atom stereocenters. The fraction of sp³-hybridized carbons (Fsp3) is 0.500. The van der Waals surface area contributed by atoms with Gasteiger partial charge in [-0.2, -0.15) is 0 Å². The average Bonchev–Trinajstić information content (AvgIpc) is 2.38. The van der Waals surface area contributed by atoms with Crippen LogP contribution in [0, 0.1) is 0 Å². The second-order valence-electron chi connectivity index (χ2n) is 5.00. The number of benzene rings is 1. The maximum atomic E-state index is 11.0. The lowest BCUT2D eigenvalue weighted by molar-refractivity contribution is 0.0697. The van der Waals surface area contributed by atoms with Gasteiger partial charge in [-0.05, 0) is 31.7 Å². The molecule has 1 aromatic rings. The van der Waals surface area contributed by atoms with E-state index in [-0.39, 0.29) is 5.56 Å². The number of carboxylic acids is 1. The van der Waals surface area contributed by atoms with Crippen molar-refractivity contribution in [3.05, 3.63) is 23.8 Å². The number of rotatable bonds is 3. The summed E-state index contributed by atoms with van der Waals surface area (Å²) in [6, 6.07) is 5.35. The van der Waals surface area contributed by atoms with E-state index in [1.807, 2.05) is 0 Å². The van der Waals surface area contributed by atoms with E-state index in [0.717, 1.165) is 31.9 Å². The van der Waals surface area contributed by atoms with Crippen LogP contribution in [0.4, 0.5) is 11.4 Å². The van der Waals surface area contributed by atoms with Crippen LogP contribution in [0.3, 0.4) is 0 Å². The van der Waals surface area contributed by atoms with Crippen LogP contribution in [0.15, 0.2) is 18.2 Å². The molecule has 1 fully saturated rings. The molecule has 1 atom stereocenters. The largest absolute Gasteiger partial charge is 0.478 e. The second-order valence-corrected chi connectivity index (χ2v) is 5.00. The molecule has 19 heavy (non-hydrogen) atoms. The fourth-order valence-electron chi connectivity index (χ4n) is 2.63. The summed E-state index contributed by atoms with van der Waals surface area (Å²) in [5, 5.41) is 9.06. The molecule has 1 heterocycles. The first-order valence-corrected chi connectivity index (χ1v) is 6.64. The van der Waals surface area contributed by atoms with Gasteiger partial charge < -0.3 is 15.7 Å². The van der Waals surface area contributed by atoms with Crippen LogP contribution in [0.1, 0.15) is 24.2 Å². The number of anilines is 2. The summed E-state index contributed by atoms with van der Waals surface area (Å²) in [5.41, 5.74) is 7.75. The third kappa shape index (κ3) is 2.81. The smallest absolute Gasteiger partial charge is 0.335 e. The summed E-state index contributed by atoms with van der Waals surface area (Å²) >= 11 is 0. The van der Waals surface area contributed by atoms with Crippen molar-refractivity contribution in [1.82, 2.24) is 4.90 Å². The third-order valence-corrected chi connectivity index (χ3v) is 3.79. The zero-order valence-corrected chi connectivity index (χ0v) is 11.5. The number of likely N-dealkylation sites (N-methyl/N-ethyl adjacent to an activating group) is 1. The second kappa shape index (κ2) is 5.48. The predicted molar refractivity (Wildman–Crippen MR) is 76.7 cm³/mol. The van der Waals surface area contributed by atoms with Crippen LogP contribution >= 0.6 is 0 Å². The Hall–Kier alpha value is -1.75. The van der Waals surface area contributed by atoms with Crippen LogP contribution in [0.25, 0.3) is 0 Å². The molecule has 0 bridgehead atoms. The first-order valence-electron chi connectivity index (χ1n) is 6.64. The molecule has 1 aliphatic heterocycles. The van der Waals surface area contributed by atoms with Crippen molar-refractivity contribution in [2.45, 2.75) is 19.9 Å². The molecule has 1 saturated heterocycles. The molecular formula is C14H21N3O2. The first-order chi connectivity index (χ1) is 9.02. The molecule has 0 spiro atoms. The monoisotopic (exact) mass is 263 g/mol. The number of nitrogens with two attached hydrogens (primary N) is 1. The molecule has 2 rings (SSSR count). The lowest BCUT2D eigenvalue weighted by atomic mass is 10.1.